The van der Waals surface area contributed by atoms with Crippen LogP contribution in [0.3, 0.4) is 0 Å². The first kappa shape index (κ1) is 14.9. The second kappa shape index (κ2) is 5.17. The van der Waals surface area contributed by atoms with Gasteiger partial charge < -0.3 is 14.1 Å². The molecule has 1 aliphatic heterocycles. The number of methoxy groups -OCH3 is 1. The van der Waals surface area contributed by atoms with E-state index in [4.69, 9.17) is 20.8 Å². The number of rotatable bonds is 2. The summed E-state index contributed by atoms with van der Waals surface area (Å²) in [7, 11) is 1.60. The molecule has 122 valence electrons. The summed E-state index contributed by atoms with van der Waals surface area (Å²) in [6, 6.07) is 3.96. The van der Waals surface area contributed by atoms with Gasteiger partial charge in [0.1, 0.15) is 11.3 Å². The first-order chi connectivity index (χ1) is 11.0. The minimum absolute atomic E-state index is 0.0643. The summed E-state index contributed by atoms with van der Waals surface area (Å²) < 4.78 is 11.1. The second-order valence-electron chi connectivity index (χ2n) is 6.77. The number of amides is 1. The summed E-state index contributed by atoms with van der Waals surface area (Å²) in [5.41, 5.74) is 2.05. The van der Waals surface area contributed by atoms with E-state index in [0.717, 1.165) is 23.9 Å². The number of carbonyl (C=O) groups is 1. The molecule has 0 spiro atoms. The lowest BCUT2D eigenvalue weighted by atomic mass is 10.0. The average molecular weight is 334 g/mol. The minimum Gasteiger partial charge on any atom is -0.496 e. The summed E-state index contributed by atoms with van der Waals surface area (Å²) in [6.45, 7) is 5.01. The van der Waals surface area contributed by atoms with E-state index in [2.05, 4.69) is 6.92 Å². The van der Waals surface area contributed by atoms with Gasteiger partial charge in [0.25, 0.3) is 5.91 Å². The third-order valence-electron chi connectivity index (χ3n) is 5.68. The molecule has 1 saturated carbocycles. The average Bonchev–Trinajstić information content (AvgIpc) is 3.17. The van der Waals surface area contributed by atoms with Crippen LogP contribution >= 0.6 is 11.6 Å². The van der Waals surface area contributed by atoms with Gasteiger partial charge in [0, 0.05) is 23.7 Å². The topological polar surface area (TPSA) is 42.7 Å². The third-order valence-corrected chi connectivity index (χ3v) is 6.04. The van der Waals surface area contributed by atoms with Gasteiger partial charge in [-0.25, -0.2) is 0 Å². The Morgan fingerprint density at radius 1 is 1.39 bits per heavy atom. The Bertz CT molecular complexity index is 797. The van der Waals surface area contributed by atoms with Crippen molar-refractivity contribution in [1.29, 1.82) is 0 Å². The molecule has 2 bridgehead atoms. The fraction of sp³-hybridized carbons (Fsp3) is 0.500. The predicted octanol–water partition coefficient (Wildman–Crippen LogP) is 4.27. The van der Waals surface area contributed by atoms with Gasteiger partial charge in [0.15, 0.2) is 5.22 Å². The normalized spacial score (nSPS) is 26.3. The van der Waals surface area contributed by atoms with Gasteiger partial charge in [-0.15, -0.1) is 0 Å². The van der Waals surface area contributed by atoms with Crippen molar-refractivity contribution >= 4 is 28.5 Å². The zero-order valence-corrected chi connectivity index (χ0v) is 14.3. The zero-order valence-electron chi connectivity index (χ0n) is 13.6. The van der Waals surface area contributed by atoms with Crippen molar-refractivity contribution in [2.45, 2.75) is 32.7 Å². The molecule has 0 N–H and O–H groups in total. The molecule has 23 heavy (non-hydrogen) atoms. The Hall–Kier alpha value is -1.68. The van der Waals surface area contributed by atoms with Crippen LogP contribution in [0.5, 0.6) is 5.75 Å². The molecule has 2 aliphatic rings. The van der Waals surface area contributed by atoms with Crippen molar-refractivity contribution in [2.24, 2.45) is 11.8 Å². The van der Waals surface area contributed by atoms with Gasteiger partial charge in [-0.05, 0) is 55.3 Å². The molecule has 4 rings (SSSR count). The lowest BCUT2D eigenvalue weighted by Crippen LogP contribution is -2.38. The van der Waals surface area contributed by atoms with E-state index in [1.807, 2.05) is 11.8 Å². The Morgan fingerprint density at radius 2 is 2.17 bits per heavy atom. The number of fused-ring (bicyclic) bond motifs is 3. The SMILES string of the molecule is COc1cc(C(=O)N2CC3CCC2[C@@H]3C)cc2oc(Cl)c(C)c12. The molecule has 2 unspecified atom stereocenters. The Morgan fingerprint density at radius 3 is 2.78 bits per heavy atom. The van der Waals surface area contributed by atoms with Crippen molar-refractivity contribution in [1.82, 2.24) is 4.90 Å². The van der Waals surface area contributed by atoms with Crippen LogP contribution in [0.2, 0.25) is 5.22 Å². The van der Waals surface area contributed by atoms with Gasteiger partial charge in [-0.2, -0.15) is 0 Å². The molecule has 4 nitrogen and oxygen atoms in total. The molecule has 1 amide bonds. The van der Waals surface area contributed by atoms with Crippen LogP contribution in [0, 0.1) is 18.8 Å². The molecule has 1 aliphatic carbocycles. The van der Waals surface area contributed by atoms with Gasteiger partial charge in [0.05, 0.1) is 12.5 Å². The van der Waals surface area contributed by atoms with E-state index in [0.29, 0.717) is 40.0 Å². The van der Waals surface area contributed by atoms with E-state index in [1.54, 1.807) is 19.2 Å². The molecule has 1 aromatic carbocycles. The van der Waals surface area contributed by atoms with E-state index in [-0.39, 0.29) is 5.91 Å². The molecule has 0 radical (unpaired) electrons. The summed E-state index contributed by atoms with van der Waals surface area (Å²) >= 11 is 6.09. The molecular weight excluding hydrogens is 314 g/mol. The first-order valence-electron chi connectivity index (χ1n) is 8.09. The summed E-state index contributed by atoms with van der Waals surface area (Å²) in [5.74, 6) is 1.95. The standard InChI is InChI=1S/C18H20ClNO3/c1-9-11-4-5-13(9)20(8-11)18(21)12-6-14(22-3)16-10(2)17(19)23-15(16)7-12/h6-7,9,11,13H,4-5,8H2,1-3H3/t9-,11?,13?/m1/s1. The van der Waals surface area contributed by atoms with Gasteiger partial charge in [-0.1, -0.05) is 6.92 Å². The largest absolute Gasteiger partial charge is 0.496 e. The number of likely N-dealkylation sites (tertiary alicyclic amines) is 1. The molecule has 2 aromatic rings. The highest BCUT2D eigenvalue weighted by atomic mass is 35.5. The van der Waals surface area contributed by atoms with Crippen LogP contribution in [0.25, 0.3) is 11.0 Å². The summed E-state index contributed by atoms with van der Waals surface area (Å²) in [4.78, 5) is 15.0. The molecule has 1 aromatic heterocycles. The van der Waals surface area contributed by atoms with Crippen molar-refractivity contribution in [3.8, 4) is 5.75 Å². The lowest BCUT2D eigenvalue weighted by molar-refractivity contribution is 0.0695. The minimum atomic E-state index is 0.0643. The number of aryl methyl sites for hydroxylation is 1. The van der Waals surface area contributed by atoms with Crippen LogP contribution in [0.1, 0.15) is 35.7 Å². The van der Waals surface area contributed by atoms with E-state index < -0.39 is 0 Å². The number of benzene rings is 1. The van der Waals surface area contributed by atoms with Crippen molar-refractivity contribution in [3.05, 3.63) is 28.5 Å². The fourth-order valence-electron chi connectivity index (χ4n) is 4.31. The van der Waals surface area contributed by atoms with Crippen molar-refractivity contribution in [3.63, 3.8) is 0 Å². The zero-order chi connectivity index (χ0) is 16.3. The summed E-state index contributed by atoms with van der Waals surface area (Å²) in [6.07, 6.45) is 2.35. The number of halogens is 1. The fourth-order valence-corrected chi connectivity index (χ4v) is 4.48. The number of carbonyl (C=O) groups excluding carboxylic acids is 1. The molecule has 5 heteroatoms. The van der Waals surface area contributed by atoms with Crippen LogP contribution in [0.4, 0.5) is 0 Å². The Balaban J connectivity index is 1.76. The second-order valence-corrected chi connectivity index (χ2v) is 7.12. The van der Waals surface area contributed by atoms with Crippen molar-refractivity contribution < 1.29 is 13.9 Å². The number of piperidine rings is 1. The molecular formula is C18H20ClNO3. The van der Waals surface area contributed by atoms with Crippen LogP contribution in [-0.2, 0) is 0 Å². The number of furan rings is 1. The van der Waals surface area contributed by atoms with Gasteiger partial charge in [0.2, 0.25) is 0 Å². The highest BCUT2D eigenvalue weighted by molar-refractivity contribution is 6.31. The highest BCUT2D eigenvalue weighted by Gasteiger charge is 2.46. The van der Waals surface area contributed by atoms with Crippen LogP contribution in [-0.4, -0.2) is 30.5 Å². The maximum atomic E-state index is 13.0. The van der Waals surface area contributed by atoms with E-state index >= 15 is 0 Å². The van der Waals surface area contributed by atoms with Gasteiger partial charge in [-0.3, -0.25) is 4.79 Å². The first-order valence-corrected chi connectivity index (χ1v) is 8.46. The molecule has 2 heterocycles. The Labute approximate surface area is 140 Å². The molecule has 1 saturated heterocycles. The maximum Gasteiger partial charge on any atom is 0.254 e. The third kappa shape index (κ3) is 2.08. The maximum absolute atomic E-state index is 13.0. The van der Waals surface area contributed by atoms with Crippen LogP contribution < -0.4 is 4.74 Å². The summed E-state index contributed by atoms with van der Waals surface area (Å²) in [5, 5.41) is 1.18. The number of nitrogens with zero attached hydrogens (tertiary/aromatic N) is 1. The quantitative estimate of drug-likeness (QED) is 0.824. The molecule has 2 fully saturated rings. The lowest BCUT2D eigenvalue weighted by Gasteiger charge is -2.27. The number of hydrogen-bond acceptors (Lipinski definition) is 3. The number of hydrogen-bond donors (Lipinski definition) is 0. The van der Waals surface area contributed by atoms with Crippen LogP contribution in [0.15, 0.2) is 16.5 Å². The Kier molecular flexibility index (Phi) is 3.34. The molecule has 3 atom stereocenters. The predicted molar refractivity (Wildman–Crippen MR) is 89.2 cm³/mol. The monoisotopic (exact) mass is 333 g/mol. The van der Waals surface area contributed by atoms with E-state index in [1.165, 1.54) is 6.42 Å². The van der Waals surface area contributed by atoms with Gasteiger partial charge >= 0.3 is 0 Å². The smallest absolute Gasteiger partial charge is 0.254 e. The van der Waals surface area contributed by atoms with E-state index in [9.17, 15) is 4.79 Å². The number of ether oxygens (including phenoxy) is 1. The highest BCUT2D eigenvalue weighted by Crippen LogP contribution is 2.43. The van der Waals surface area contributed by atoms with Crippen molar-refractivity contribution in [2.75, 3.05) is 13.7 Å².